The van der Waals surface area contributed by atoms with Crippen molar-refractivity contribution >= 4 is 0 Å². The zero-order valence-electron chi connectivity index (χ0n) is 14.1. The van der Waals surface area contributed by atoms with Crippen molar-refractivity contribution < 1.29 is 19.0 Å². The van der Waals surface area contributed by atoms with E-state index in [-0.39, 0.29) is 5.92 Å². The van der Waals surface area contributed by atoms with Crippen LogP contribution in [0.3, 0.4) is 0 Å². The smallest absolute Gasteiger partial charge is 0.200 e. The zero-order valence-corrected chi connectivity index (χ0v) is 14.1. The quantitative estimate of drug-likeness (QED) is 0.767. The van der Waals surface area contributed by atoms with Gasteiger partial charge in [-0.05, 0) is 74.5 Å². The Morgan fingerprint density at radius 1 is 1.17 bits per heavy atom. The number of aromatic hydroxyl groups is 1. The molecule has 0 aromatic heterocycles. The molecule has 0 saturated heterocycles. The number of hydrogen-bond donors (Lipinski definition) is 2. The summed E-state index contributed by atoms with van der Waals surface area (Å²) in [6, 6.07) is 1.61. The van der Waals surface area contributed by atoms with Crippen LogP contribution in [0.5, 0.6) is 5.75 Å². The molecule has 0 spiro atoms. The third kappa shape index (κ3) is 4.43. The number of rotatable bonds is 6. The van der Waals surface area contributed by atoms with Gasteiger partial charge in [-0.15, -0.1) is 0 Å². The summed E-state index contributed by atoms with van der Waals surface area (Å²) < 4.78 is 28.3. The fourth-order valence-corrected chi connectivity index (χ4v) is 3.71. The molecule has 1 fully saturated rings. The maximum Gasteiger partial charge on any atom is 0.200 e. The van der Waals surface area contributed by atoms with Gasteiger partial charge in [0.25, 0.3) is 0 Å². The number of benzene rings is 1. The van der Waals surface area contributed by atoms with Crippen LogP contribution in [0, 0.1) is 17.6 Å². The van der Waals surface area contributed by atoms with E-state index in [1.54, 1.807) is 13.0 Å². The van der Waals surface area contributed by atoms with Gasteiger partial charge in [-0.1, -0.05) is 19.8 Å². The number of phenols is 1. The van der Waals surface area contributed by atoms with Crippen molar-refractivity contribution in [1.29, 1.82) is 0 Å². The van der Waals surface area contributed by atoms with E-state index >= 15 is 0 Å². The summed E-state index contributed by atoms with van der Waals surface area (Å²) in [6.45, 7) is 3.82. The number of aryl methyl sites for hydroxylation is 1. The lowest BCUT2D eigenvalue weighted by molar-refractivity contribution is 0.184. The molecule has 0 aliphatic heterocycles. The molecule has 2 nitrogen and oxygen atoms in total. The second-order valence-electron chi connectivity index (χ2n) is 7.00. The Kier molecular flexibility index (Phi) is 6.40. The summed E-state index contributed by atoms with van der Waals surface area (Å²) in [6.07, 6.45) is 6.48. The normalized spacial score (nSPS) is 23.0. The van der Waals surface area contributed by atoms with E-state index in [1.807, 2.05) is 0 Å². The first kappa shape index (κ1) is 18.2. The van der Waals surface area contributed by atoms with E-state index in [4.69, 9.17) is 0 Å². The molecule has 1 aromatic carbocycles. The lowest BCUT2D eigenvalue weighted by atomic mass is 9.76. The Balaban J connectivity index is 2.18. The van der Waals surface area contributed by atoms with Gasteiger partial charge in [-0.25, -0.2) is 4.39 Å². The molecule has 0 bridgehead atoms. The number of halogens is 2. The van der Waals surface area contributed by atoms with E-state index in [0.29, 0.717) is 29.9 Å². The van der Waals surface area contributed by atoms with Gasteiger partial charge < -0.3 is 10.2 Å². The first-order chi connectivity index (χ1) is 10.9. The molecule has 2 N–H and O–H groups in total. The van der Waals surface area contributed by atoms with Gasteiger partial charge in [0.1, 0.15) is 0 Å². The van der Waals surface area contributed by atoms with Crippen molar-refractivity contribution in [2.24, 2.45) is 5.92 Å². The van der Waals surface area contributed by atoms with Gasteiger partial charge >= 0.3 is 0 Å². The second-order valence-corrected chi connectivity index (χ2v) is 7.00. The number of hydrogen-bond acceptors (Lipinski definition) is 2. The van der Waals surface area contributed by atoms with Crippen LogP contribution >= 0.6 is 0 Å². The molecular formula is C19H28F2O2. The highest BCUT2D eigenvalue weighted by atomic mass is 19.2. The molecule has 23 heavy (non-hydrogen) atoms. The first-order valence-corrected chi connectivity index (χ1v) is 8.81. The fourth-order valence-electron chi connectivity index (χ4n) is 3.71. The number of aliphatic hydroxyl groups is 1. The molecule has 0 radical (unpaired) electrons. The SMILES string of the molecule is CCCC1CCC(c2cc(CCC(C)O)c(O)c(F)c2F)CC1. The van der Waals surface area contributed by atoms with Gasteiger partial charge in [0.15, 0.2) is 11.6 Å². The molecule has 1 atom stereocenters. The van der Waals surface area contributed by atoms with Gasteiger partial charge in [0, 0.05) is 0 Å². The van der Waals surface area contributed by atoms with Crippen LogP contribution < -0.4 is 0 Å². The summed E-state index contributed by atoms with van der Waals surface area (Å²) in [7, 11) is 0. The van der Waals surface area contributed by atoms with Crippen molar-refractivity contribution in [3.63, 3.8) is 0 Å². The second kappa shape index (κ2) is 8.09. The zero-order chi connectivity index (χ0) is 17.0. The first-order valence-electron chi connectivity index (χ1n) is 8.81. The lowest BCUT2D eigenvalue weighted by Gasteiger charge is -2.29. The van der Waals surface area contributed by atoms with Gasteiger partial charge in [-0.2, -0.15) is 4.39 Å². The Morgan fingerprint density at radius 2 is 1.83 bits per heavy atom. The van der Waals surface area contributed by atoms with Crippen LogP contribution in [0.2, 0.25) is 0 Å². The topological polar surface area (TPSA) is 40.5 Å². The summed E-state index contributed by atoms with van der Waals surface area (Å²) in [5.74, 6) is -1.91. The molecule has 1 aliphatic rings. The Hall–Kier alpha value is -1.16. The number of aliphatic hydroxyl groups excluding tert-OH is 1. The van der Waals surface area contributed by atoms with Crippen LogP contribution in [-0.4, -0.2) is 16.3 Å². The van der Waals surface area contributed by atoms with Crippen LogP contribution in [0.15, 0.2) is 6.07 Å². The molecule has 130 valence electrons. The van der Waals surface area contributed by atoms with E-state index < -0.39 is 23.5 Å². The largest absolute Gasteiger partial charge is 0.505 e. The standard InChI is InChI=1S/C19H28F2O2/c1-3-4-13-6-9-14(10-7-13)16-11-15(8-5-12(2)22)19(23)18(21)17(16)20/h11-14,22-23H,3-10H2,1-2H3. The van der Waals surface area contributed by atoms with Crippen molar-refractivity contribution in [1.82, 2.24) is 0 Å². The lowest BCUT2D eigenvalue weighted by Crippen LogP contribution is -2.15. The molecule has 1 aliphatic carbocycles. The summed E-state index contributed by atoms with van der Waals surface area (Å²) in [5, 5.41) is 19.2. The maximum atomic E-state index is 14.3. The summed E-state index contributed by atoms with van der Waals surface area (Å²) >= 11 is 0. The molecule has 1 aromatic rings. The maximum absolute atomic E-state index is 14.3. The summed E-state index contributed by atoms with van der Waals surface area (Å²) in [5.41, 5.74) is 0.798. The molecular weight excluding hydrogens is 298 g/mol. The summed E-state index contributed by atoms with van der Waals surface area (Å²) in [4.78, 5) is 0. The highest BCUT2D eigenvalue weighted by molar-refractivity contribution is 5.40. The molecule has 4 heteroatoms. The van der Waals surface area contributed by atoms with Crippen molar-refractivity contribution in [2.45, 2.75) is 77.2 Å². The molecule has 1 unspecified atom stereocenters. The van der Waals surface area contributed by atoms with Crippen molar-refractivity contribution in [2.75, 3.05) is 0 Å². The van der Waals surface area contributed by atoms with E-state index in [0.717, 1.165) is 25.7 Å². The highest BCUT2D eigenvalue weighted by Crippen LogP contribution is 2.41. The molecule has 1 saturated carbocycles. The van der Waals surface area contributed by atoms with E-state index in [1.165, 1.54) is 12.8 Å². The number of phenolic OH excluding ortho intramolecular Hbond substituents is 1. The third-order valence-electron chi connectivity index (χ3n) is 5.10. The molecule has 0 heterocycles. The van der Waals surface area contributed by atoms with E-state index in [9.17, 15) is 19.0 Å². The van der Waals surface area contributed by atoms with Gasteiger partial charge in [0.2, 0.25) is 5.82 Å². The van der Waals surface area contributed by atoms with Gasteiger partial charge in [0.05, 0.1) is 6.10 Å². The van der Waals surface area contributed by atoms with Crippen LogP contribution in [0.1, 0.15) is 75.8 Å². The monoisotopic (exact) mass is 326 g/mol. The predicted molar refractivity (Wildman–Crippen MR) is 87.6 cm³/mol. The average Bonchev–Trinajstić information content (AvgIpc) is 2.53. The minimum atomic E-state index is -1.14. The van der Waals surface area contributed by atoms with Crippen LogP contribution in [0.4, 0.5) is 8.78 Å². The highest BCUT2D eigenvalue weighted by Gasteiger charge is 2.27. The van der Waals surface area contributed by atoms with Gasteiger partial charge in [-0.3, -0.25) is 0 Å². The fraction of sp³-hybridized carbons (Fsp3) is 0.684. The van der Waals surface area contributed by atoms with E-state index in [2.05, 4.69) is 6.92 Å². The third-order valence-corrected chi connectivity index (χ3v) is 5.10. The Morgan fingerprint density at radius 3 is 2.39 bits per heavy atom. The molecule has 0 amide bonds. The molecule has 2 rings (SSSR count). The Labute approximate surface area is 137 Å². The van der Waals surface area contributed by atoms with Crippen LogP contribution in [0.25, 0.3) is 0 Å². The van der Waals surface area contributed by atoms with Crippen LogP contribution in [-0.2, 0) is 6.42 Å². The average molecular weight is 326 g/mol. The van der Waals surface area contributed by atoms with Crippen molar-refractivity contribution in [3.05, 3.63) is 28.8 Å². The van der Waals surface area contributed by atoms with Crippen molar-refractivity contribution in [3.8, 4) is 5.75 Å². The predicted octanol–water partition coefficient (Wildman–Crippen LogP) is 5.06. The minimum absolute atomic E-state index is 0.0310. The Bertz CT molecular complexity index is 521. The minimum Gasteiger partial charge on any atom is -0.505 e.